The van der Waals surface area contributed by atoms with Gasteiger partial charge in [-0.3, -0.25) is 5.32 Å². The average Bonchev–Trinajstić information content (AvgIpc) is 2.77. The maximum atomic E-state index is 12.7. The van der Waals surface area contributed by atoms with Crippen LogP contribution >= 0.6 is 22.9 Å². The van der Waals surface area contributed by atoms with Gasteiger partial charge in [0.25, 0.3) is 0 Å². The van der Waals surface area contributed by atoms with Gasteiger partial charge in [0, 0.05) is 15.6 Å². The zero-order valence-corrected chi connectivity index (χ0v) is 17.0. The summed E-state index contributed by atoms with van der Waals surface area (Å²) < 4.78 is 5.44. The number of rotatable bonds is 4. The Morgan fingerprint density at radius 3 is 2.48 bits per heavy atom. The van der Waals surface area contributed by atoms with E-state index in [9.17, 15) is 9.59 Å². The number of anilines is 2. The highest BCUT2D eigenvalue weighted by Crippen LogP contribution is 2.38. The van der Waals surface area contributed by atoms with Crippen LogP contribution in [0.15, 0.2) is 24.3 Å². The monoisotopic (exact) mass is 406 g/mol. The van der Waals surface area contributed by atoms with E-state index >= 15 is 0 Å². The van der Waals surface area contributed by atoms with Crippen LogP contribution in [-0.2, 0) is 17.6 Å². The average molecular weight is 407 g/mol. The Hall–Kier alpha value is -2.05. The second-order valence-corrected chi connectivity index (χ2v) is 8.35. The molecule has 0 saturated carbocycles. The molecule has 0 aliphatic heterocycles. The highest BCUT2D eigenvalue weighted by Gasteiger charge is 2.27. The maximum Gasteiger partial charge on any atom is 0.341 e. The second-order valence-electron chi connectivity index (χ2n) is 6.81. The number of carbonyl (C=O) groups is 2. The van der Waals surface area contributed by atoms with Crippen molar-refractivity contribution < 1.29 is 14.3 Å². The Morgan fingerprint density at radius 1 is 1.07 bits per heavy atom. The number of carbonyl (C=O) groups excluding carboxylic acids is 2. The van der Waals surface area contributed by atoms with Crippen LogP contribution in [-0.4, -0.2) is 18.1 Å². The van der Waals surface area contributed by atoms with Crippen LogP contribution in [0.2, 0.25) is 5.02 Å². The molecule has 1 aliphatic carbocycles. The third kappa shape index (κ3) is 5.02. The summed E-state index contributed by atoms with van der Waals surface area (Å²) in [6.07, 6.45) is 4.86. The SMILES string of the molecule is CC(C)OC(=O)c1c(NC(=O)Nc2ccc(Cl)cc2)sc2c1CCCCC2. The molecule has 0 fully saturated rings. The summed E-state index contributed by atoms with van der Waals surface area (Å²) in [5.41, 5.74) is 2.17. The van der Waals surface area contributed by atoms with Gasteiger partial charge in [-0.1, -0.05) is 18.0 Å². The molecule has 2 amide bonds. The van der Waals surface area contributed by atoms with Crippen molar-refractivity contribution in [1.29, 1.82) is 0 Å². The molecule has 1 aliphatic rings. The van der Waals surface area contributed by atoms with Crippen molar-refractivity contribution in [2.24, 2.45) is 0 Å². The maximum absolute atomic E-state index is 12.7. The number of thiophene rings is 1. The smallest absolute Gasteiger partial charge is 0.341 e. The van der Waals surface area contributed by atoms with Gasteiger partial charge in [0.1, 0.15) is 5.00 Å². The van der Waals surface area contributed by atoms with Crippen molar-refractivity contribution in [2.75, 3.05) is 10.6 Å². The normalized spacial score (nSPS) is 13.6. The summed E-state index contributed by atoms with van der Waals surface area (Å²) in [5, 5.41) is 6.76. The van der Waals surface area contributed by atoms with E-state index in [0.29, 0.717) is 21.3 Å². The van der Waals surface area contributed by atoms with E-state index in [2.05, 4.69) is 10.6 Å². The summed E-state index contributed by atoms with van der Waals surface area (Å²) in [6, 6.07) is 6.46. The molecule has 1 aromatic carbocycles. The summed E-state index contributed by atoms with van der Waals surface area (Å²) in [4.78, 5) is 26.3. The van der Waals surface area contributed by atoms with E-state index in [1.807, 2.05) is 13.8 Å². The van der Waals surface area contributed by atoms with Crippen LogP contribution < -0.4 is 10.6 Å². The van der Waals surface area contributed by atoms with Crippen LogP contribution in [0.3, 0.4) is 0 Å². The molecule has 144 valence electrons. The molecule has 1 heterocycles. The van der Waals surface area contributed by atoms with E-state index < -0.39 is 6.03 Å². The molecular weight excluding hydrogens is 384 g/mol. The first kappa shape index (κ1) is 19.7. The van der Waals surface area contributed by atoms with E-state index in [0.717, 1.165) is 37.7 Å². The lowest BCUT2D eigenvalue weighted by Gasteiger charge is -2.12. The first-order valence-corrected chi connectivity index (χ1v) is 10.3. The van der Waals surface area contributed by atoms with Gasteiger partial charge in [-0.2, -0.15) is 0 Å². The van der Waals surface area contributed by atoms with Gasteiger partial charge in [-0.05, 0) is 69.4 Å². The number of hydrogen-bond acceptors (Lipinski definition) is 4. The zero-order valence-electron chi connectivity index (χ0n) is 15.4. The van der Waals surface area contributed by atoms with Gasteiger partial charge in [0.05, 0.1) is 11.7 Å². The van der Waals surface area contributed by atoms with Gasteiger partial charge < -0.3 is 10.1 Å². The summed E-state index contributed by atoms with van der Waals surface area (Å²) in [6.45, 7) is 3.65. The van der Waals surface area contributed by atoms with Crippen molar-refractivity contribution in [1.82, 2.24) is 0 Å². The molecule has 27 heavy (non-hydrogen) atoms. The Kier molecular flexibility index (Phi) is 6.39. The van der Waals surface area contributed by atoms with E-state index in [4.69, 9.17) is 16.3 Å². The second kappa shape index (κ2) is 8.76. The first-order chi connectivity index (χ1) is 12.9. The quantitative estimate of drug-likeness (QED) is 0.492. The predicted molar refractivity (Wildman–Crippen MR) is 110 cm³/mol. The van der Waals surface area contributed by atoms with Crippen molar-refractivity contribution in [3.8, 4) is 0 Å². The first-order valence-electron chi connectivity index (χ1n) is 9.13. The fourth-order valence-electron chi connectivity index (χ4n) is 3.12. The number of aryl methyl sites for hydroxylation is 1. The fourth-order valence-corrected chi connectivity index (χ4v) is 4.52. The van der Waals surface area contributed by atoms with Crippen LogP contribution in [0.1, 0.15) is 53.9 Å². The zero-order chi connectivity index (χ0) is 19.4. The van der Waals surface area contributed by atoms with Crippen molar-refractivity contribution in [3.63, 3.8) is 0 Å². The van der Waals surface area contributed by atoms with E-state index in [-0.39, 0.29) is 12.1 Å². The van der Waals surface area contributed by atoms with Gasteiger partial charge in [0.15, 0.2) is 0 Å². The molecule has 7 heteroatoms. The molecule has 5 nitrogen and oxygen atoms in total. The number of urea groups is 1. The lowest BCUT2D eigenvalue weighted by molar-refractivity contribution is 0.0378. The Balaban J connectivity index is 1.83. The lowest BCUT2D eigenvalue weighted by Crippen LogP contribution is -2.21. The number of hydrogen-bond donors (Lipinski definition) is 2. The molecule has 3 rings (SSSR count). The number of halogens is 1. The Bertz CT molecular complexity index is 830. The standard InChI is InChI=1S/C20H23ClN2O3S/c1-12(2)26-19(24)17-15-6-4-3-5-7-16(15)27-18(17)23-20(25)22-14-10-8-13(21)9-11-14/h8-12H,3-7H2,1-2H3,(H2,22,23,25). The Morgan fingerprint density at radius 2 is 1.78 bits per heavy atom. The van der Waals surface area contributed by atoms with Crippen molar-refractivity contribution in [2.45, 2.75) is 52.1 Å². The largest absolute Gasteiger partial charge is 0.459 e. The highest BCUT2D eigenvalue weighted by molar-refractivity contribution is 7.17. The predicted octanol–water partition coefficient (Wildman–Crippen LogP) is 5.88. The lowest BCUT2D eigenvalue weighted by atomic mass is 10.1. The van der Waals surface area contributed by atoms with Crippen LogP contribution in [0.4, 0.5) is 15.5 Å². The minimum absolute atomic E-state index is 0.213. The van der Waals surface area contributed by atoms with Gasteiger partial charge in [-0.25, -0.2) is 9.59 Å². The molecule has 0 unspecified atom stereocenters. The molecular formula is C20H23ClN2O3S. The number of nitrogens with one attached hydrogen (secondary N) is 2. The number of esters is 1. The van der Waals surface area contributed by atoms with Gasteiger partial charge in [0.2, 0.25) is 0 Å². The van der Waals surface area contributed by atoms with Gasteiger partial charge in [-0.15, -0.1) is 11.3 Å². The van der Waals surface area contributed by atoms with Crippen molar-refractivity contribution >= 4 is 45.6 Å². The number of amides is 2. The minimum Gasteiger partial charge on any atom is -0.459 e. The fraction of sp³-hybridized carbons (Fsp3) is 0.400. The molecule has 2 aromatic rings. The van der Waals surface area contributed by atoms with E-state index in [1.54, 1.807) is 24.3 Å². The Labute approximate surface area is 168 Å². The summed E-state index contributed by atoms with van der Waals surface area (Å²) >= 11 is 7.35. The molecule has 1 aromatic heterocycles. The molecule has 0 spiro atoms. The molecule has 0 bridgehead atoms. The van der Waals surface area contributed by atoms with Gasteiger partial charge >= 0.3 is 12.0 Å². The number of fused-ring (bicyclic) bond motifs is 1. The summed E-state index contributed by atoms with van der Waals surface area (Å²) in [7, 11) is 0. The number of ether oxygens (including phenoxy) is 1. The third-order valence-corrected chi connectivity index (χ3v) is 5.76. The molecule has 0 saturated heterocycles. The van der Waals surface area contributed by atoms with Crippen LogP contribution in [0.5, 0.6) is 0 Å². The topological polar surface area (TPSA) is 67.4 Å². The molecule has 0 radical (unpaired) electrons. The summed E-state index contributed by atoms with van der Waals surface area (Å²) in [5.74, 6) is -0.369. The van der Waals surface area contributed by atoms with E-state index in [1.165, 1.54) is 16.2 Å². The third-order valence-electron chi connectivity index (χ3n) is 4.30. The highest BCUT2D eigenvalue weighted by atomic mass is 35.5. The molecule has 0 atom stereocenters. The molecule has 2 N–H and O–H groups in total. The van der Waals surface area contributed by atoms with Crippen LogP contribution in [0.25, 0.3) is 0 Å². The van der Waals surface area contributed by atoms with Crippen molar-refractivity contribution in [3.05, 3.63) is 45.3 Å². The minimum atomic E-state index is -0.396. The van der Waals surface area contributed by atoms with Crippen LogP contribution in [0, 0.1) is 0 Å². The number of benzene rings is 1.